The zero-order valence-corrected chi connectivity index (χ0v) is 10.5. The smallest absolute Gasteiger partial charge is 0.124 e. The predicted octanol–water partition coefficient (Wildman–Crippen LogP) is 4.34. The molecule has 16 heavy (non-hydrogen) atoms. The first-order valence-corrected chi connectivity index (χ1v) is 6.01. The predicted molar refractivity (Wildman–Crippen MR) is 65.1 cm³/mol. The van der Waals surface area contributed by atoms with Gasteiger partial charge in [0.25, 0.3) is 0 Å². The molecule has 0 aliphatic heterocycles. The summed E-state index contributed by atoms with van der Waals surface area (Å²) in [5.74, 6) is 0.263. The molecule has 0 saturated carbocycles. The van der Waals surface area contributed by atoms with Crippen LogP contribution in [0.5, 0.6) is 0 Å². The molecule has 1 N–H and O–H groups in total. The van der Waals surface area contributed by atoms with Gasteiger partial charge in [-0.05, 0) is 30.0 Å². The number of hydrogen-bond donors (Lipinski definition) is 1. The molecular formula is C13H18ClFO. The van der Waals surface area contributed by atoms with E-state index < -0.39 is 6.10 Å². The molecule has 0 spiro atoms. The third kappa shape index (κ3) is 4.11. The Kier molecular flexibility index (Phi) is 5.23. The molecule has 1 aromatic carbocycles. The molecule has 1 nitrogen and oxygen atoms in total. The molecule has 0 fully saturated rings. The molecule has 90 valence electrons. The highest BCUT2D eigenvalue weighted by molar-refractivity contribution is 6.31. The molecule has 3 heteroatoms. The minimum atomic E-state index is -0.591. The Morgan fingerprint density at radius 3 is 2.56 bits per heavy atom. The fraction of sp³-hybridized carbons (Fsp3) is 0.538. The maximum Gasteiger partial charge on any atom is 0.124 e. The Hall–Kier alpha value is -0.600. The minimum Gasteiger partial charge on any atom is -0.388 e. The van der Waals surface area contributed by atoms with Gasteiger partial charge in [-0.3, -0.25) is 0 Å². The van der Waals surface area contributed by atoms with E-state index >= 15 is 0 Å². The summed E-state index contributed by atoms with van der Waals surface area (Å²) in [6, 6.07) is 4.12. The number of aliphatic hydroxyl groups excluding tert-OH is 1. The molecule has 0 radical (unpaired) electrons. The van der Waals surface area contributed by atoms with Gasteiger partial charge in [0.15, 0.2) is 0 Å². The summed E-state index contributed by atoms with van der Waals surface area (Å²) in [6.45, 7) is 4.30. The van der Waals surface area contributed by atoms with Gasteiger partial charge in [0, 0.05) is 5.02 Å². The van der Waals surface area contributed by atoms with Gasteiger partial charge in [-0.1, -0.05) is 44.4 Å². The molecular weight excluding hydrogens is 227 g/mol. The Labute approximate surface area is 101 Å². The number of aliphatic hydroxyl groups is 1. The van der Waals surface area contributed by atoms with Crippen LogP contribution >= 0.6 is 11.6 Å². The Morgan fingerprint density at radius 2 is 2.00 bits per heavy atom. The van der Waals surface area contributed by atoms with Crippen LogP contribution in [0, 0.1) is 11.7 Å². The van der Waals surface area contributed by atoms with Crippen molar-refractivity contribution in [1.29, 1.82) is 0 Å². The molecule has 0 amide bonds. The summed E-state index contributed by atoms with van der Waals surface area (Å²) in [7, 11) is 0. The topological polar surface area (TPSA) is 20.2 Å². The summed E-state index contributed by atoms with van der Waals surface area (Å²) in [5.41, 5.74) is 0.617. The van der Waals surface area contributed by atoms with E-state index in [2.05, 4.69) is 13.8 Å². The van der Waals surface area contributed by atoms with Crippen molar-refractivity contribution < 1.29 is 9.50 Å². The maximum atomic E-state index is 12.8. The van der Waals surface area contributed by atoms with Crippen LogP contribution in [0.15, 0.2) is 18.2 Å². The van der Waals surface area contributed by atoms with E-state index in [9.17, 15) is 9.50 Å². The van der Waals surface area contributed by atoms with E-state index in [1.165, 1.54) is 12.1 Å². The highest BCUT2D eigenvalue weighted by atomic mass is 35.5. The van der Waals surface area contributed by atoms with Crippen LogP contribution in [0.3, 0.4) is 0 Å². The molecule has 0 aliphatic rings. The van der Waals surface area contributed by atoms with Gasteiger partial charge in [0.1, 0.15) is 5.82 Å². The average Bonchev–Trinajstić information content (AvgIpc) is 2.16. The first-order valence-electron chi connectivity index (χ1n) is 5.63. The molecule has 0 saturated heterocycles. The normalized spacial score (nSPS) is 13.1. The van der Waals surface area contributed by atoms with Gasteiger partial charge in [0.05, 0.1) is 6.10 Å². The molecule has 0 aliphatic carbocycles. The standard InChI is InChI=1S/C13H18ClFO/c1-9(2)4-3-5-13(16)11-7-6-10(15)8-12(11)14/h6-9,13,16H,3-5H2,1-2H3. The van der Waals surface area contributed by atoms with Gasteiger partial charge in [-0.2, -0.15) is 0 Å². The van der Waals surface area contributed by atoms with Crippen LogP contribution in [-0.2, 0) is 0 Å². The second-order valence-electron chi connectivity index (χ2n) is 4.51. The van der Waals surface area contributed by atoms with Crippen molar-refractivity contribution in [3.63, 3.8) is 0 Å². The first kappa shape index (κ1) is 13.5. The molecule has 1 rings (SSSR count). The summed E-state index contributed by atoms with van der Waals surface area (Å²) >= 11 is 5.87. The molecule has 1 unspecified atom stereocenters. The van der Waals surface area contributed by atoms with Gasteiger partial charge in [0.2, 0.25) is 0 Å². The third-order valence-corrected chi connectivity index (χ3v) is 2.91. The number of rotatable bonds is 5. The van der Waals surface area contributed by atoms with Crippen molar-refractivity contribution in [2.75, 3.05) is 0 Å². The zero-order valence-electron chi connectivity index (χ0n) is 9.71. The largest absolute Gasteiger partial charge is 0.388 e. The van der Waals surface area contributed by atoms with Gasteiger partial charge < -0.3 is 5.11 Å². The van der Waals surface area contributed by atoms with Crippen LogP contribution in [0.2, 0.25) is 5.02 Å². The van der Waals surface area contributed by atoms with Crippen LogP contribution < -0.4 is 0 Å². The van der Waals surface area contributed by atoms with E-state index in [1.807, 2.05) is 0 Å². The second-order valence-corrected chi connectivity index (χ2v) is 4.91. The molecule has 0 aromatic heterocycles. The maximum absolute atomic E-state index is 12.8. The van der Waals surface area contributed by atoms with Crippen LogP contribution in [0.4, 0.5) is 4.39 Å². The number of halogens is 2. The SMILES string of the molecule is CC(C)CCCC(O)c1ccc(F)cc1Cl. The lowest BCUT2D eigenvalue weighted by molar-refractivity contribution is 0.162. The van der Waals surface area contributed by atoms with E-state index in [4.69, 9.17) is 11.6 Å². The van der Waals surface area contributed by atoms with Crippen LogP contribution in [0.1, 0.15) is 44.8 Å². The fourth-order valence-corrected chi connectivity index (χ4v) is 1.94. The van der Waals surface area contributed by atoms with Crippen molar-refractivity contribution in [1.82, 2.24) is 0 Å². The molecule has 0 bridgehead atoms. The number of benzene rings is 1. The molecule has 1 atom stereocenters. The Bertz CT molecular complexity index is 339. The molecule has 0 heterocycles. The van der Waals surface area contributed by atoms with Gasteiger partial charge >= 0.3 is 0 Å². The third-order valence-electron chi connectivity index (χ3n) is 2.58. The van der Waals surface area contributed by atoms with Crippen molar-refractivity contribution in [3.8, 4) is 0 Å². The van der Waals surface area contributed by atoms with Crippen molar-refractivity contribution in [2.45, 2.75) is 39.2 Å². The lowest BCUT2D eigenvalue weighted by atomic mass is 10.00. The van der Waals surface area contributed by atoms with Crippen molar-refractivity contribution in [3.05, 3.63) is 34.6 Å². The minimum absolute atomic E-state index is 0.303. The number of hydrogen-bond acceptors (Lipinski definition) is 1. The highest BCUT2D eigenvalue weighted by Crippen LogP contribution is 2.27. The Morgan fingerprint density at radius 1 is 1.31 bits per heavy atom. The summed E-state index contributed by atoms with van der Waals surface area (Å²) in [4.78, 5) is 0. The van der Waals surface area contributed by atoms with E-state index in [0.717, 1.165) is 12.8 Å². The fourth-order valence-electron chi connectivity index (χ4n) is 1.65. The van der Waals surface area contributed by atoms with Gasteiger partial charge in [-0.25, -0.2) is 4.39 Å². The summed E-state index contributed by atoms with van der Waals surface area (Å²) < 4.78 is 12.8. The first-order chi connectivity index (χ1) is 7.50. The van der Waals surface area contributed by atoms with E-state index in [-0.39, 0.29) is 5.82 Å². The van der Waals surface area contributed by atoms with Crippen molar-refractivity contribution >= 4 is 11.6 Å². The monoisotopic (exact) mass is 244 g/mol. The average molecular weight is 245 g/mol. The highest BCUT2D eigenvalue weighted by Gasteiger charge is 2.12. The second kappa shape index (κ2) is 6.21. The van der Waals surface area contributed by atoms with Crippen molar-refractivity contribution in [2.24, 2.45) is 5.92 Å². The van der Waals surface area contributed by atoms with Gasteiger partial charge in [-0.15, -0.1) is 0 Å². The Balaban J connectivity index is 2.55. The quantitative estimate of drug-likeness (QED) is 0.817. The molecule has 1 aromatic rings. The van der Waals surface area contributed by atoms with E-state index in [0.29, 0.717) is 22.9 Å². The lowest BCUT2D eigenvalue weighted by Crippen LogP contribution is -2.00. The van der Waals surface area contributed by atoms with Crippen LogP contribution in [0.25, 0.3) is 0 Å². The van der Waals surface area contributed by atoms with E-state index in [1.54, 1.807) is 6.07 Å². The zero-order chi connectivity index (χ0) is 12.1. The summed E-state index contributed by atoms with van der Waals surface area (Å²) in [5, 5.41) is 10.2. The van der Waals surface area contributed by atoms with Crippen LogP contribution in [-0.4, -0.2) is 5.11 Å². The summed E-state index contributed by atoms with van der Waals surface area (Å²) in [6.07, 6.45) is 2.11. The lowest BCUT2D eigenvalue weighted by Gasteiger charge is -2.13.